The molecule has 1 aliphatic rings. The molecule has 2 aromatic rings. The second-order valence-electron chi connectivity index (χ2n) is 5.15. The van der Waals surface area contributed by atoms with E-state index in [1.807, 2.05) is 0 Å². The average Bonchev–Trinajstić information content (AvgIpc) is 2.41. The summed E-state index contributed by atoms with van der Waals surface area (Å²) in [6, 6.07) is 12.9. The number of rotatable bonds is 1. The normalized spacial score (nSPS) is 20.0. The van der Waals surface area contributed by atoms with Gasteiger partial charge in [0.2, 0.25) is 0 Å². The van der Waals surface area contributed by atoms with E-state index in [1.54, 1.807) is 0 Å². The van der Waals surface area contributed by atoms with Crippen molar-refractivity contribution in [1.29, 1.82) is 0 Å². The van der Waals surface area contributed by atoms with Crippen LogP contribution < -0.4 is 4.90 Å². The number of hydrogen-bond donors (Lipinski definition) is 0. The highest BCUT2D eigenvalue weighted by Crippen LogP contribution is 2.34. The molecule has 0 amide bonds. The van der Waals surface area contributed by atoms with E-state index >= 15 is 0 Å². The Bertz CT molecular complexity index is 638. The lowest BCUT2D eigenvalue weighted by Gasteiger charge is -2.35. The van der Waals surface area contributed by atoms with Gasteiger partial charge in [-0.15, -0.1) is 0 Å². The van der Waals surface area contributed by atoms with E-state index in [2.05, 4.69) is 64.2 Å². The van der Waals surface area contributed by atoms with E-state index in [4.69, 9.17) is 0 Å². The van der Waals surface area contributed by atoms with Gasteiger partial charge in [0, 0.05) is 41.0 Å². The van der Waals surface area contributed by atoms with Crippen molar-refractivity contribution < 1.29 is 4.79 Å². The number of carbonyl (C=O) groups is 1. The molecule has 1 heterocycles. The van der Waals surface area contributed by atoms with Crippen LogP contribution in [0.3, 0.4) is 0 Å². The Balaban J connectivity index is 2.10. The molecule has 19 heavy (non-hydrogen) atoms. The highest BCUT2D eigenvalue weighted by molar-refractivity contribution is 9.10. The molecule has 98 valence electrons. The Morgan fingerprint density at radius 3 is 2.63 bits per heavy atom. The van der Waals surface area contributed by atoms with Crippen LogP contribution >= 0.6 is 15.9 Å². The van der Waals surface area contributed by atoms with Gasteiger partial charge < -0.3 is 4.90 Å². The molecule has 0 aliphatic carbocycles. The number of piperidine rings is 1. The number of nitrogens with zero attached hydrogens (tertiary/aromatic N) is 1. The third kappa shape index (κ3) is 2.27. The first-order valence-electron chi connectivity index (χ1n) is 6.62. The predicted octanol–water partition coefficient (Wildman–Crippen LogP) is 4.16. The van der Waals surface area contributed by atoms with Crippen molar-refractivity contribution in [1.82, 2.24) is 0 Å². The first-order chi connectivity index (χ1) is 9.16. The van der Waals surface area contributed by atoms with Gasteiger partial charge in [-0.05, 0) is 24.4 Å². The molecule has 0 saturated carbocycles. The number of ketones is 1. The predicted molar refractivity (Wildman–Crippen MR) is 82.7 cm³/mol. The van der Waals surface area contributed by atoms with E-state index in [0.29, 0.717) is 18.6 Å². The molecule has 1 atom stereocenters. The Morgan fingerprint density at radius 2 is 1.89 bits per heavy atom. The monoisotopic (exact) mass is 317 g/mol. The Labute approximate surface area is 121 Å². The van der Waals surface area contributed by atoms with Gasteiger partial charge in [0.1, 0.15) is 5.78 Å². The van der Waals surface area contributed by atoms with Gasteiger partial charge in [0.05, 0.1) is 0 Å². The van der Waals surface area contributed by atoms with Crippen molar-refractivity contribution in [3.63, 3.8) is 0 Å². The second-order valence-corrected chi connectivity index (χ2v) is 6.00. The van der Waals surface area contributed by atoms with Crippen molar-refractivity contribution in [2.75, 3.05) is 11.4 Å². The minimum absolute atomic E-state index is 0.283. The van der Waals surface area contributed by atoms with Crippen LogP contribution in [0.2, 0.25) is 0 Å². The number of hydrogen-bond acceptors (Lipinski definition) is 2. The molecule has 3 rings (SSSR count). The number of Topliss-reactive ketones (excluding diaryl/α,β-unsaturated/α-hetero) is 1. The summed E-state index contributed by atoms with van der Waals surface area (Å²) in [5.74, 6) is 0.380. The van der Waals surface area contributed by atoms with Crippen molar-refractivity contribution in [2.45, 2.75) is 25.8 Å². The molecule has 0 spiro atoms. The fourth-order valence-corrected chi connectivity index (χ4v) is 3.34. The molecule has 1 saturated heterocycles. The van der Waals surface area contributed by atoms with Gasteiger partial charge in [0.15, 0.2) is 0 Å². The summed E-state index contributed by atoms with van der Waals surface area (Å²) in [5.41, 5.74) is 1.24. The molecule has 1 aliphatic heterocycles. The summed E-state index contributed by atoms with van der Waals surface area (Å²) >= 11 is 3.61. The molecule has 0 aromatic heterocycles. The Morgan fingerprint density at radius 1 is 1.16 bits per heavy atom. The van der Waals surface area contributed by atoms with Gasteiger partial charge in [-0.1, -0.05) is 40.2 Å². The molecule has 3 heteroatoms. The number of benzene rings is 2. The summed E-state index contributed by atoms with van der Waals surface area (Å²) in [4.78, 5) is 13.9. The largest absolute Gasteiger partial charge is 0.367 e. The van der Waals surface area contributed by atoms with E-state index in [1.165, 1.54) is 16.5 Å². The lowest BCUT2D eigenvalue weighted by Crippen LogP contribution is -2.41. The topological polar surface area (TPSA) is 20.3 Å². The van der Waals surface area contributed by atoms with Gasteiger partial charge in [-0.2, -0.15) is 0 Å². The summed E-state index contributed by atoms with van der Waals surface area (Å²) in [6.45, 7) is 2.96. The fraction of sp³-hybridized carbons (Fsp3) is 0.312. The minimum Gasteiger partial charge on any atom is -0.367 e. The maximum atomic E-state index is 11.5. The first-order valence-corrected chi connectivity index (χ1v) is 7.41. The van der Waals surface area contributed by atoms with Crippen molar-refractivity contribution in [3.8, 4) is 0 Å². The second kappa shape index (κ2) is 4.97. The van der Waals surface area contributed by atoms with E-state index < -0.39 is 0 Å². The number of carbonyl (C=O) groups excluding carboxylic acids is 1. The molecular formula is C16H16BrNO. The first kappa shape index (κ1) is 12.7. The number of fused-ring (bicyclic) bond motifs is 1. The van der Waals surface area contributed by atoms with Gasteiger partial charge in [0.25, 0.3) is 0 Å². The number of anilines is 1. The molecule has 1 fully saturated rings. The maximum absolute atomic E-state index is 11.5. The Kier molecular flexibility index (Phi) is 3.31. The van der Waals surface area contributed by atoms with Gasteiger partial charge >= 0.3 is 0 Å². The molecule has 2 aromatic carbocycles. The third-order valence-electron chi connectivity index (χ3n) is 3.84. The van der Waals surface area contributed by atoms with Crippen LogP contribution in [-0.4, -0.2) is 18.4 Å². The standard InChI is InChI=1S/C16H16BrNO/c1-11-10-12(19)8-9-18(11)16-7-6-15(17)13-4-2-3-5-14(13)16/h2-7,11H,8-10H2,1H3. The highest BCUT2D eigenvalue weighted by atomic mass is 79.9. The maximum Gasteiger partial charge on any atom is 0.136 e. The van der Waals surface area contributed by atoms with E-state index in [0.717, 1.165) is 11.0 Å². The summed E-state index contributed by atoms with van der Waals surface area (Å²) in [5, 5.41) is 2.47. The fourth-order valence-electron chi connectivity index (χ4n) is 2.86. The zero-order valence-electron chi connectivity index (χ0n) is 10.9. The number of halogens is 1. The van der Waals surface area contributed by atoms with Crippen LogP contribution in [0.4, 0.5) is 5.69 Å². The molecule has 1 unspecified atom stereocenters. The van der Waals surface area contributed by atoms with Crippen LogP contribution in [0, 0.1) is 0 Å². The van der Waals surface area contributed by atoms with Crippen LogP contribution in [0.5, 0.6) is 0 Å². The van der Waals surface area contributed by atoms with Gasteiger partial charge in [-0.25, -0.2) is 0 Å². The Hall–Kier alpha value is -1.35. The van der Waals surface area contributed by atoms with Crippen LogP contribution in [0.15, 0.2) is 40.9 Å². The van der Waals surface area contributed by atoms with Crippen molar-refractivity contribution >= 4 is 38.2 Å². The van der Waals surface area contributed by atoms with E-state index in [9.17, 15) is 4.79 Å². The minimum atomic E-state index is 0.283. The molecule has 0 radical (unpaired) electrons. The summed E-state index contributed by atoms with van der Waals surface area (Å²) in [7, 11) is 0. The van der Waals surface area contributed by atoms with Gasteiger partial charge in [-0.3, -0.25) is 4.79 Å². The average molecular weight is 318 g/mol. The quantitative estimate of drug-likeness (QED) is 0.787. The molecule has 0 bridgehead atoms. The molecular weight excluding hydrogens is 302 g/mol. The van der Waals surface area contributed by atoms with Crippen LogP contribution in [0.25, 0.3) is 10.8 Å². The molecule has 2 nitrogen and oxygen atoms in total. The van der Waals surface area contributed by atoms with Crippen molar-refractivity contribution in [3.05, 3.63) is 40.9 Å². The van der Waals surface area contributed by atoms with Crippen LogP contribution in [0.1, 0.15) is 19.8 Å². The summed E-state index contributed by atoms with van der Waals surface area (Å²) < 4.78 is 1.12. The smallest absolute Gasteiger partial charge is 0.136 e. The lowest BCUT2D eigenvalue weighted by molar-refractivity contribution is -0.120. The van der Waals surface area contributed by atoms with E-state index in [-0.39, 0.29) is 6.04 Å². The van der Waals surface area contributed by atoms with Crippen LogP contribution in [-0.2, 0) is 4.79 Å². The lowest BCUT2D eigenvalue weighted by atomic mass is 9.99. The zero-order valence-corrected chi connectivity index (χ0v) is 12.5. The zero-order chi connectivity index (χ0) is 13.4. The highest BCUT2D eigenvalue weighted by Gasteiger charge is 2.24. The summed E-state index contributed by atoms with van der Waals surface area (Å²) in [6.07, 6.45) is 1.32. The third-order valence-corrected chi connectivity index (χ3v) is 4.54. The van der Waals surface area contributed by atoms with Crippen molar-refractivity contribution in [2.24, 2.45) is 0 Å². The molecule has 0 N–H and O–H groups in total. The SMILES string of the molecule is CC1CC(=O)CCN1c1ccc(Br)c2ccccc12.